The summed E-state index contributed by atoms with van der Waals surface area (Å²) in [5.41, 5.74) is 13.3. The molecular weight excluding hydrogens is 402 g/mol. The molecule has 2 N–H and O–H groups in total. The average molecular weight is 434 g/mol. The number of allylic oxidation sites excluding steroid dienone is 1. The van der Waals surface area contributed by atoms with Crippen LogP contribution in [-0.4, -0.2) is 44.0 Å². The standard InChI is InChI=1S/C25H31N5S/c1-28(2)20-12-8-17(9-13-20)16-19-6-5-7-22-23(19)27-30(25(26)31)24(22)18-10-14-21(15-11-18)29(3)4/h8-16,22,24H,5-7H2,1-4H3,(H2,26,31)/b19-16+/t22-,24+/m1/s1. The lowest BCUT2D eigenvalue weighted by molar-refractivity contribution is 0.305. The third-order valence-electron chi connectivity index (χ3n) is 6.23. The number of rotatable bonds is 4. The number of anilines is 2. The van der Waals surface area contributed by atoms with Gasteiger partial charge in [-0.2, -0.15) is 5.10 Å². The van der Waals surface area contributed by atoms with Crippen LogP contribution < -0.4 is 15.5 Å². The first-order chi connectivity index (χ1) is 14.8. The molecule has 0 bridgehead atoms. The molecule has 6 heteroatoms. The quantitative estimate of drug-likeness (QED) is 0.711. The number of nitrogens with two attached hydrogens (primary N) is 1. The van der Waals surface area contributed by atoms with E-state index in [4.69, 9.17) is 23.1 Å². The van der Waals surface area contributed by atoms with Crippen molar-refractivity contribution < 1.29 is 0 Å². The predicted molar refractivity (Wildman–Crippen MR) is 136 cm³/mol. The van der Waals surface area contributed by atoms with Crippen molar-refractivity contribution in [2.45, 2.75) is 25.3 Å². The smallest absolute Gasteiger partial charge is 0.187 e. The van der Waals surface area contributed by atoms with E-state index in [1.54, 1.807) is 0 Å². The fourth-order valence-corrected chi connectivity index (χ4v) is 4.71. The van der Waals surface area contributed by atoms with Gasteiger partial charge in [0.05, 0.1) is 11.8 Å². The van der Waals surface area contributed by atoms with Gasteiger partial charge >= 0.3 is 0 Å². The Morgan fingerprint density at radius 2 is 1.58 bits per heavy atom. The molecule has 4 rings (SSSR count). The predicted octanol–water partition coefficient (Wildman–Crippen LogP) is 4.66. The maximum Gasteiger partial charge on any atom is 0.187 e. The minimum Gasteiger partial charge on any atom is -0.378 e. The van der Waals surface area contributed by atoms with Gasteiger partial charge in [-0.05, 0) is 78.5 Å². The van der Waals surface area contributed by atoms with Crippen molar-refractivity contribution in [1.29, 1.82) is 0 Å². The highest BCUT2D eigenvalue weighted by Gasteiger charge is 2.42. The van der Waals surface area contributed by atoms with Crippen LogP contribution in [-0.2, 0) is 0 Å². The Morgan fingerprint density at radius 3 is 2.13 bits per heavy atom. The molecule has 1 fully saturated rings. The number of hydrogen-bond donors (Lipinski definition) is 1. The molecule has 31 heavy (non-hydrogen) atoms. The van der Waals surface area contributed by atoms with E-state index in [0.717, 1.165) is 25.0 Å². The summed E-state index contributed by atoms with van der Waals surface area (Å²) >= 11 is 5.39. The maximum atomic E-state index is 6.12. The topological polar surface area (TPSA) is 48.1 Å². The molecule has 2 atom stereocenters. The maximum absolute atomic E-state index is 6.12. The normalized spacial score (nSPS) is 21.6. The van der Waals surface area contributed by atoms with Crippen molar-refractivity contribution in [2.75, 3.05) is 38.0 Å². The van der Waals surface area contributed by atoms with Crippen LogP contribution in [0.3, 0.4) is 0 Å². The van der Waals surface area contributed by atoms with E-state index in [1.807, 2.05) is 5.01 Å². The second-order valence-electron chi connectivity index (χ2n) is 8.75. The number of benzene rings is 2. The Labute approximate surface area is 190 Å². The molecule has 1 heterocycles. The fourth-order valence-electron chi connectivity index (χ4n) is 4.56. The van der Waals surface area contributed by atoms with Gasteiger partial charge < -0.3 is 15.5 Å². The lowest BCUT2D eigenvalue weighted by Crippen LogP contribution is -2.35. The molecule has 162 valence electrons. The SMILES string of the molecule is CN(C)c1ccc(/C=C2\CCC[C@@H]3C2=NN(C(N)=S)[C@H]3c2ccc(N(C)C)cc2)cc1. The first-order valence-corrected chi connectivity index (χ1v) is 11.2. The molecule has 0 saturated heterocycles. The monoisotopic (exact) mass is 433 g/mol. The van der Waals surface area contributed by atoms with Crippen LogP contribution in [0.2, 0.25) is 0 Å². The zero-order valence-corrected chi connectivity index (χ0v) is 19.6. The Hall–Kier alpha value is -2.86. The van der Waals surface area contributed by atoms with Gasteiger partial charge in [0.25, 0.3) is 0 Å². The molecule has 2 aliphatic rings. The largest absolute Gasteiger partial charge is 0.378 e. The van der Waals surface area contributed by atoms with Gasteiger partial charge in [-0.15, -0.1) is 0 Å². The highest BCUT2D eigenvalue weighted by Crippen LogP contribution is 2.44. The molecular formula is C25H31N5S. The lowest BCUT2D eigenvalue weighted by Gasteiger charge is -2.30. The fraction of sp³-hybridized carbons (Fsp3) is 0.360. The van der Waals surface area contributed by atoms with Gasteiger partial charge in [0, 0.05) is 45.5 Å². The molecule has 0 spiro atoms. The summed E-state index contributed by atoms with van der Waals surface area (Å²) in [6.45, 7) is 0. The number of thiocarbonyl (C=S) groups is 1. The second kappa shape index (κ2) is 8.71. The van der Waals surface area contributed by atoms with Crippen LogP contribution in [0.4, 0.5) is 11.4 Å². The molecule has 2 aromatic carbocycles. The van der Waals surface area contributed by atoms with Crippen molar-refractivity contribution in [3.8, 4) is 0 Å². The summed E-state index contributed by atoms with van der Waals surface area (Å²) in [6, 6.07) is 17.4. The van der Waals surface area contributed by atoms with Crippen LogP contribution in [0.1, 0.15) is 36.4 Å². The number of hydrogen-bond acceptors (Lipinski definition) is 4. The third kappa shape index (κ3) is 4.30. The zero-order chi connectivity index (χ0) is 22.1. The first-order valence-electron chi connectivity index (χ1n) is 10.8. The molecule has 0 radical (unpaired) electrons. The average Bonchev–Trinajstić information content (AvgIpc) is 3.15. The highest BCUT2D eigenvalue weighted by molar-refractivity contribution is 7.80. The van der Waals surface area contributed by atoms with E-state index in [-0.39, 0.29) is 6.04 Å². The Kier molecular flexibility index (Phi) is 6.01. The number of hydrazone groups is 1. The van der Waals surface area contributed by atoms with Crippen LogP contribution >= 0.6 is 12.2 Å². The lowest BCUT2D eigenvalue weighted by atomic mass is 9.77. The summed E-state index contributed by atoms with van der Waals surface area (Å²) in [6.07, 6.45) is 5.54. The summed E-state index contributed by atoms with van der Waals surface area (Å²) < 4.78 is 0. The molecule has 0 aromatic heterocycles. The van der Waals surface area contributed by atoms with E-state index in [2.05, 4.69) is 92.6 Å². The van der Waals surface area contributed by atoms with E-state index in [0.29, 0.717) is 11.0 Å². The van der Waals surface area contributed by atoms with Crippen molar-refractivity contribution in [3.63, 3.8) is 0 Å². The van der Waals surface area contributed by atoms with Crippen LogP contribution in [0.15, 0.2) is 59.2 Å². The summed E-state index contributed by atoms with van der Waals surface area (Å²) in [5, 5.41) is 7.13. The zero-order valence-electron chi connectivity index (χ0n) is 18.7. The van der Waals surface area contributed by atoms with Gasteiger partial charge in [0.1, 0.15) is 0 Å². The Bertz CT molecular complexity index is 1010. The molecule has 0 amide bonds. The van der Waals surface area contributed by atoms with Gasteiger partial charge in [0.2, 0.25) is 0 Å². The van der Waals surface area contributed by atoms with Gasteiger partial charge in [-0.1, -0.05) is 24.3 Å². The highest BCUT2D eigenvalue weighted by atomic mass is 32.1. The molecule has 1 aliphatic heterocycles. The Balaban J connectivity index is 1.66. The van der Waals surface area contributed by atoms with E-state index < -0.39 is 0 Å². The van der Waals surface area contributed by atoms with Gasteiger partial charge in [-0.25, -0.2) is 5.01 Å². The summed E-state index contributed by atoms with van der Waals surface area (Å²) in [7, 11) is 8.22. The van der Waals surface area contributed by atoms with Crippen molar-refractivity contribution >= 4 is 40.5 Å². The minimum atomic E-state index is 0.0588. The molecule has 5 nitrogen and oxygen atoms in total. The first kappa shape index (κ1) is 21.4. The molecule has 1 aliphatic carbocycles. The third-order valence-corrected chi connectivity index (χ3v) is 6.42. The summed E-state index contributed by atoms with van der Waals surface area (Å²) in [5.74, 6) is 0.299. The molecule has 1 saturated carbocycles. The van der Waals surface area contributed by atoms with Crippen LogP contribution in [0, 0.1) is 5.92 Å². The summed E-state index contributed by atoms with van der Waals surface area (Å²) in [4.78, 5) is 4.22. The second-order valence-corrected chi connectivity index (χ2v) is 9.17. The molecule has 0 unspecified atom stereocenters. The van der Waals surface area contributed by atoms with Gasteiger partial charge in [-0.3, -0.25) is 0 Å². The van der Waals surface area contributed by atoms with Crippen molar-refractivity contribution in [1.82, 2.24) is 5.01 Å². The van der Waals surface area contributed by atoms with Gasteiger partial charge in [0.15, 0.2) is 5.11 Å². The number of fused-ring (bicyclic) bond motifs is 1. The van der Waals surface area contributed by atoms with Crippen molar-refractivity contribution in [2.24, 2.45) is 16.8 Å². The number of nitrogens with zero attached hydrogens (tertiary/aromatic N) is 4. The Morgan fingerprint density at radius 1 is 1.00 bits per heavy atom. The van der Waals surface area contributed by atoms with E-state index >= 15 is 0 Å². The van der Waals surface area contributed by atoms with E-state index in [9.17, 15) is 0 Å². The van der Waals surface area contributed by atoms with Crippen LogP contribution in [0.5, 0.6) is 0 Å². The van der Waals surface area contributed by atoms with Crippen LogP contribution in [0.25, 0.3) is 6.08 Å². The molecule has 2 aromatic rings. The minimum absolute atomic E-state index is 0.0588. The van der Waals surface area contributed by atoms with Crippen molar-refractivity contribution in [3.05, 3.63) is 65.2 Å². The van der Waals surface area contributed by atoms with E-state index in [1.165, 1.54) is 28.1 Å².